The van der Waals surface area contributed by atoms with E-state index in [-0.39, 0.29) is 19.7 Å². The summed E-state index contributed by atoms with van der Waals surface area (Å²) >= 11 is 0. The number of nitrogens with one attached hydrogen (secondary N) is 3. The Morgan fingerprint density at radius 2 is 1.43 bits per heavy atom. The second-order valence-corrected chi connectivity index (χ2v) is 4.36. The number of hydrogen-bond donors (Lipinski definition) is 4. The Kier molecular flexibility index (Phi) is 7.62. The van der Waals surface area contributed by atoms with Gasteiger partial charge in [0.15, 0.2) is 0 Å². The van der Waals surface area contributed by atoms with Crippen LogP contribution in [0.4, 0.5) is 4.79 Å². The minimum absolute atomic E-state index is 0.0753. The van der Waals surface area contributed by atoms with Crippen molar-refractivity contribution in [1.29, 1.82) is 0 Å². The van der Waals surface area contributed by atoms with Crippen molar-refractivity contribution in [3.05, 3.63) is 35.9 Å². The van der Waals surface area contributed by atoms with Gasteiger partial charge in [0.25, 0.3) is 0 Å². The molecule has 0 aliphatic rings. The van der Waals surface area contributed by atoms with Gasteiger partial charge in [-0.1, -0.05) is 30.3 Å². The van der Waals surface area contributed by atoms with Crippen molar-refractivity contribution in [2.45, 2.75) is 6.61 Å². The zero-order valence-electron chi connectivity index (χ0n) is 12.2. The summed E-state index contributed by atoms with van der Waals surface area (Å²) in [7, 11) is 0. The van der Waals surface area contributed by atoms with Gasteiger partial charge in [0.05, 0.1) is 6.54 Å². The second-order valence-electron chi connectivity index (χ2n) is 4.36. The van der Waals surface area contributed by atoms with Crippen LogP contribution < -0.4 is 16.0 Å². The summed E-state index contributed by atoms with van der Waals surface area (Å²) < 4.78 is 4.89. The van der Waals surface area contributed by atoms with E-state index in [1.807, 2.05) is 6.07 Å². The zero-order valence-corrected chi connectivity index (χ0v) is 12.2. The average Bonchev–Trinajstić information content (AvgIpc) is 2.55. The lowest BCUT2D eigenvalue weighted by Gasteiger charge is -2.08. The van der Waals surface area contributed by atoms with Crippen LogP contribution >= 0.6 is 0 Å². The van der Waals surface area contributed by atoms with E-state index in [2.05, 4.69) is 16.0 Å². The molecule has 0 fully saturated rings. The van der Waals surface area contributed by atoms with Gasteiger partial charge in [0, 0.05) is 0 Å². The van der Waals surface area contributed by atoms with E-state index in [1.54, 1.807) is 24.3 Å². The third kappa shape index (κ3) is 8.71. The Balaban J connectivity index is 2.14. The third-order valence-corrected chi connectivity index (χ3v) is 2.49. The number of alkyl carbamates (subject to hydrolysis) is 1. The quantitative estimate of drug-likeness (QED) is 0.496. The highest BCUT2D eigenvalue weighted by Gasteiger charge is 2.09. The lowest BCUT2D eigenvalue weighted by molar-refractivity contribution is -0.137. The van der Waals surface area contributed by atoms with Gasteiger partial charge >= 0.3 is 12.1 Å². The van der Waals surface area contributed by atoms with Gasteiger partial charge < -0.3 is 25.8 Å². The average molecular weight is 323 g/mol. The molecule has 23 heavy (non-hydrogen) atoms. The molecule has 4 N–H and O–H groups in total. The first kappa shape index (κ1) is 18.0. The fraction of sp³-hybridized carbons (Fsp3) is 0.286. The van der Waals surface area contributed by atoms with Crippen LogP contribution in [0.2, 0.25) is 0 Å². The van der Waals surface area contributed by atoms with E-state index < -0.39 is 30.4 Å². The number of carbonyl (C=O) groups is 4. The zero-order chi connectivity index (χ0) is 17.1. The molecule has 0 saturated carbocycles. The highest BCUT2D eigenvalue weighted by atomic mass is 16.5. The molecule has 0 aromatic heterocycles. The van der Waals surface area contributed by atoms with Crippen LogP contribution in [0, 0.1) is 0 Å². The molecule has 0 spiro atoms. The molecule has 9 nitrogen and oxygen atoms in total. The number of ether oxygens (including phenoxy) is 1. The van der Waals surface area contributed by atoms with Crippen molar-refractivity contribution in [3.63, 3.8) is 0 Å². The van der Waals surface area contributed by atoms with Crippen molar-refractivity contribution in [1.82, 2.24) is 16.0 Å². The summed E-state index contributed by atoms with van der Waals surface area (Å²) in [5.74, 6) is -2.44. The fourth-order valence-electron chi connectivity index (χ4n) is 1.40. The number of carboxylic acid groups (broad SMARTS) is 1. The van der Waals surface area contributed by atoms with Crippen molar-refractivity contribution in [2.75, 3.05) is 19.6 Å². The SMILES string of the molecule is O=C(O)CNC(=O)CNC(=O)CNC(=O)OCc1ccccc1. The molecule has 0 radical (unpaired) electrons. The molecule has 1 rings (SSSR count). The smallest absolute Gasteiger partial charge is 0.407 e. The van der Waals surface area contributed by atoms with E-state index in [1.165, 1.54) is 0 Å². The Labute approximate surface area is 132 Å². The molecule has 0 heterocycles. The summed E-state index contributed by atoms with van der Waals surface area (Å²) in [5, 5.41) is 14.9. The maximum Gasteiger partial charge on any atom is 0.407 e. The molecule has 0 atom stereocenters. The first-order valence-corrected chi connectivity index (χ1v) is 6.67. The molecule has 0 bridgehead atoms. The standard InChI is InChI=1S/C14H17N3O6/c18-11(16-8-13(20)21)6-15-12(19)7-17-14(22)23-9-10-4-2-1-3-5-10/h1-5H,6-9H2,(H,15,19)(H,16,18)(H,17,22)(H,20,21). The Morgan fingerprint density at radius 1 is 0.870 bits per heavy atom. The van der Waals surface area contributed by atoms with Crippen LogP contribution in [0.25, 0.3) is 0 Å². The summed E-state index contributed by atoms with van der Waals surface area (Å²) in [4.78, 5) is 44.1. The number of benzene rings is 1. The minimum atomic E-state index is -1.19. The monoisotopic (exact) mass is 323 g/mol. The van der Waals surface area contributed by atoms with Crippen molar-refractivity contribution in [3.8, 4) is 0 Å². The highest BCUT2D eigenvalue weighted by molar-refractivity contribution is 5.88. The molecule has 124 valence electrons. The molecule has 9 heteroatoms. The van der Waals surface area contributed by atoms with Gasteiger partial charge in [-0.3, -0.25) is 14.4 Å². The summed E-state index contributed by atoms with van der Waals surface area (Å²) in [6.45, 7) is -1.20. The minimum Gasteiger partial charge on any atom is -0.480 e. The maximum atomic E-state index is 11.4. The van der Waals surface area contributed by atoms with Crippen LogP contribution in [-0.4, -0.2) is 48.6 Å². The number of carbonyl (C=O) groups excluding carboxylic acids is 3. The van der Waals surface area contributed by atoms with Crippen molar-refractivity contribution in [2.24, 2.45) is 0 Å². The lowest BCUT2D eigenvalue weighted by Crippen LogP contribution is -2.43. The van der Waals surface area contributed by atoms with Gasteiger partial charge in [-0.25, -0.2) is 4.79 Å². The third-order valence-electron chi connectivity index (χ3n) is 2.49. The lowest BCUT2D eigenvalue weighted by atomic mass is 10.2. The Morgan fingerprint density at radius 3 is 2.04 bits per heavy atom. The number of aliphatic carboxylic acids is 1. The van der Waals surface area contributed by atoms with Gasteiger partial charge in [0.1, 0.15) is 19.7 Å². The highest BCUT2D eigenvalue weighted by Crippen LogP contribution is 2.00. The summed E-state index contributed by atoms with van der Waals surface area (Å²) in [6, 6.07) is 9.02. The van der Waals surface area contributed by atoms with Crippen LogP contribution in [-0.2, 0) is 25.7 Å². The summed E-state index contributed by atoms with van der Waals surface area (Å²) in [6.07, 6.45) is -0.765. The van der Waals surface area contributed by atoms with Gasteiger partial charge in [-0.15, -0.1) is 0 Å². The van der Waals surface area contributed by atoms with Crippen LogP contribution in [0.1, 0.15) is 5.56 Å². The van der Waals surface area contributed by atoms with E-state index in [9.17, 15) is 19.2 Å². The number of amides is 3. The molecule has 1 aromatic rings. The van der Waals surface area contributed by atoms with E-state index in [0.29, 0.717) is 0 Å². The van der Waals surface area contributed by atoms with Crippen molar-refractivity contribution >= 4 is 23.9 Å². The number of carboxylic acids is 1. The molecule has 1 aromatic carbocycles. The molecular formula is C14H17N3O6. The van der Waals surface area contributed by atoms with Gasteiger partial charge in [-0.2, -0.15) is 0 Å². The van der Waals surface area contributed by atoms with Crippen molar-refractivity contribution < 1.29 is 29.0 Å². The molecule has 0 saturated heterocycles. The molecule has 0 aliphatic heterocycles. The Bertz CT molecular complexity index is 561. The first-order valence-electron chi connectivity index (χ1n) is 6.67. The second kappa shape index (κ2) is 9.77. The van der Waals surface area contributed by atoms with Crippen LogP contribution in [0.3, 0.4) is 0 Å². The molecule has 3 amide bonds. The molecule has 0 unspecified atom stereocenters. The van der Waals surface area contributed by atoms with Gasteiger partial charge in [0.2, 0.25) is 11.8 Å². The largest absolute Gasteiger partial charge is 0.480 e. The summed E-state index contributed by atoms with van der Waals surface area (Å²) in [5.41, 5.74) is 0.808. The molecular weight excluding hydrogens is 306 g/mol. The molecule has 0 aliphatic carbocycles. The predicted molar refractivity (Wildman–Crippen MR) is 78.3 cm³/mol. The number of hydrogen-bond acceptors (Lipinski definition) is 5. The van der Waals surface area contributed by atoms with E-state index >= 15 is 0 Å². The van der Waals surface area contributed by atoms with Gasteiger partial charge in [-0.05, 0) is 5.56 Å². The van der Waals surface area contributed by atoms with Crippen LogP contribution in [0.15, 0.2) is 30.3 Å². The maximum absolute atomic E-state index is 11.4. The van der Waals surface area contributed by atoms with E-state index in [4.69, 9.17) is 9.84 Å². The van der Waals surface area contributed by atoms with E-state index in [0.717, 1.165) is 5.56 Å². The first-order chi connectivity index (χ1) is 11.0. The predicted octanol–water partition coefficient (Wildman–Crippen LogP) is -0.770. The fourth-order valence-corrected chi connectivity index (χ4v) is 1.40. The number of rotatable bonds is 8. The van der Waals surface area contributed by atoms with Crippen LogP contribution in [0.5, 0.6) is 0 Å². The topological polar surface area (TPSA) is 134 Å². The normalized spacial score (nSPS) is 9.57. The Hall–Kier alpha value is -3.10.